The van der Waals surface area contributed by atoms with E-state index >= 15 is 4.39 Å². The summed E-state index contributed by atoms with van der Waals surface area (Å²) in [6.07, 6.45) is -0.0730. The molecule has 2 fully saturated rings. The lowest BCUT2D eigenvalue weighted by atomic mass is 9.80. The van der Waals surface area contributed by atoms with Gasteiger partial charge in [0.25, 0.3) is 0 Å². The topological polar surface area (TPSA) is 38.8 Å². The average Bonchev–Trinajstić information content (AvgIpc) is 2.82. The van der Waals surface area contributed by atoms with Crippen LogP contribution in [0.1, 0.15) is 25.8 Å². The molecule has 0 N–H and O–H groups in total. The number of alkyl halides is 1. The Kier molecular flexibility index (Phi) is 3.71. The van der Waals surface area contributed by atoms with E-state index in [9.17, 15) is 4.79 Å². The molecule has 4 nitrogen and oxygen atoms in total. The molecule has 0 bridgehead atoms. The lowest BCUT2D eigenvalue weighted by molar-refractivity contribution is -0.198. The summed E-state index contributed by atoms with van der Waals surface area (Å²) in [6, 6.07) is 9.15. The summed E-state index contributed by atoms with van der Waals surface area (Å²) < 4.78 is 20.2. The molecule has 5 heteroatoms. The Labute approximate surface area is 123 Å². The number of esters is 1. The van der Waals surface area contributed by atoms with Gasteiger partial charge >= 0.3 is 5.97 Å². The summed E-state index contributed by atoms with van der Waals surface area (Å²) in [5.74, 6) is -0.919. The van der Waals surface area contributed by atoms with Gasteiger partial charge < -0.3 is 4.74 Å². The van der Waals surface area contributed by atoms with Crippen LogP contribution < -0.4 is 0 Å². The van der Waals surface area contributed by atoms with E-state index in [2.05, 4.69) is 0 Å². The average molecular weight is 293 g/mol. The molecular weight excluding hydrogens is 273 g/mol. The third kappa shape index (κ3) is 2.45. The Bertz CT molecular complexity index is 524. The van der Waals surface area contributed by atoms with Gasteiger partial charge in [0, 0.05) is 6.54 Å². The number of rotatable bonds is 3. The SMILES string of the molecule is CC[C@@]1(F)COC(=O)[C@H]2[C@@H]1N(Cc1ccccc1)O[C@@H]2C. The summed E-state index contributed by atoms with van der Waals surface area (Å²) in [6.45, 7) is 3.85. The quantitative estimate of drug-likeness (QED) is 0.803. The van der Waals surface area contributed by atoms with Crippen LogP contribution in [-0.2, 0) is 20.9 Å². The summed E-state index contributed by atoms with van der Waals surface area (Å²) in [5.41, 5.74) is -0.527. The zero-order valence-electron chi connectivity index (χ0n) is 12.3. The zero-order valence-corrected chi connectivity index (χ0v) is 12.3. The highest BCUT2D eigenvalue weighted by Gasteiger charge is 2.59. The first-order valence-electron chi connectivity index (χ1n) is 7.38. The van der Waals surface area contributed by atoms with Crippen molar-refractivity contribution in [1.82, 2.24) is 5.06 Å². The molecule has 0 radical (unpaired) electrons. The Morgan fingerprint density at radius 1 is 1.38 bits per heavy atom. The molecule has 0 aliphatic carbocycles. The number of halogens is 1. The van der Waals surface area contributed by atoms with Crippen LogP contribution in [0, 0.1) is 5.92 Å². The van der Waals surface area contributed by atoms with Gasteiger partial charge in [0.15, 0.2) is 5.67 Å². The van der Waals surface area contributed by atoms with Crippen molar-refractivity contribution in [1.29, 1.82) is 0 Å². The number of carbonyl (C=O) groups excluding carboxylic acids is 1. The highest BCUT2D eigenvalue weighted by Crippen LogP contribution is 2.42. The monoisotopic (exact) mass is 293 g/mol. The molecular formula is C16H20FNO3. The molecule has 0 saturated carbocycles. The summed E-state index contributed by atoms with van der Waals surface area (Å²) in [4.78, 5) is 17.8. The Morgan fingerprint density at radius 2 is 2.10 bits per heavy atom. The molecule has 0 aromatic heterocycles. The van der Waals surface area contributed by atoms with E-state index < -0.39 is 17.6 Å². The zero-order chi connectivity index (χ0) is 15.0. The predicted molar refractivity (Wildman–Crippen MR) is 74.9 cm³/mol. The van der Waals surface area contributed by atoms with E-state index in [-0.39, 0.29) is 18.7 Å². The molecule has 2 aliphatic heterocycles. The molecule has 2 heterocycles. The minimum absolute atomic E-state index is 0.190. The van der Waals surface area contributed by atoms with Crippen molar-refractivity contribution in [3.05, 3.63) is 35.9 Å². The maximum Gasteiger partial charge on any atom is 0.313 e. The second kappa shape index (κ2) is 5.39. The number of hydrogen-bond acceptors (Lipinski definition) is 4. The fourth-order valence-corrected chi connectivity index (χ4v) is 3.26. The number of hydroxylamine groups is 2. The van der Waals surface area contributed by atoms with Crippen molar-refractivity contribution in [2.75, 3.05) is 6.61 Å². The Morgan fingerprint density at radius 3 is 2.76 bits per heavy atom. The lowest BCUT2D eigenvalue weighted by Gasteiger charge is -2.40. The molecule has 0 amide bonds. The van der Waals surface area contributed by atoms with Crippen LogP contribution in [0.2, 0.25) is 0 Å². The number of hydrogen-bond donors (Lipinski definition) is 0. The number of nitrogens with zero attached hydrogens (tertiary/aromatic N) is 1. The van der Waals surface area contributed by atoms with Gasteiger partial charge in [-0.15, -0.1) is 0 Å². The number of fused-ring (bicyclic) bond motifs is 1. The molecule has 2 aliphatic rings. The molecule has 3 rings (SSSR count). The third-order valence-corrected chi connectivity index (χ3v) is 4.48. The lowest BCUT2D eigenvalue weighted by Crippen LogP contribution is -2.58. The minimum Gasteiger partial charge on any atom is -0.462 e. The normalized spacial score (nSPS) is 36.3. The first-order valence-corrected chi connectivity index (χ1v) is 7.38. The van der Waals surface area contributed by atoms with Crippen molar-refractivity contribution in [2.45, 2.75) is 44.6 Å². The van der Waals surface area contributed by atoms with Crippen LogP contribution in [0.15, 0.2) is 30.3 Å². The van der Waals surface area contributed by atoms with Crippen molar-refractivity contribution in [3.8, 4) is 0 Å². The molecule has 21 heavy (non-hydrogen) atoms. The first kappa shape index (κ1) is 14.5. The molecule has 0 spiro atoms. The van der Waals surface area contributed by atoms with E-state index in [1.807, 2.05) is 30.3 Å². The number of ether oxygens (including phenoxy) is 1. The van der Waals surface area contributed by atoms with Crippen LogP contribution in [0.4, 0.5) is 4.39 Å². The van der Waals surface area contributed by atoms with E-state index in [1.54, 1.807) is 18.9 Å². The maximum absolute atomic E-state index is 15.2. The van der Waals surface area contributed by atoms with Gasteiger partial charge in [0.2, 0.25) is 0 Å². The summed E-state index contributed by atoms with van der Waals surface area (Å²) in [7, 11) is 0. The van der Waals surface area contributed by atoms with Gasteiger partial charge in [-0.05, 0) is 18.9 Å². The van der Waals surface area contributed by atoms with Crippen LogP contribution in [-0.4, -0.2) is 35.5 Å². The van der Waals surface area contributed by atoms with E-state index in [4.69, 9.17) is 9.57 Å². The standard InChI is InChI=1S/C16H20FNO3/c1-3-16(17)10-20-15(19)13-11(2)21-18(14(13)16)9-12-7-5-4-6-8-12/h4-8,11,13-14H,3,9-10H2,1-2H3/t11-,13-,14+,16-/m1/s1. The van der Waals surface area contributed by atoms with Crippen LogP contribution in [0.25, 0.3) is 0 Å². The van der Waals surface area contributed by atoms with Gasteiger partial charge in [-0.3, -0.25) is 9.63 Å². The predicted octanol–water partition coefficient (Wildman–Crippen LogP) is 2.48. The fourth-order valence-electron chi connectivity index (χ4n) is 3.26. The summed E-state index contributed by atoms with van der Waals surface area (Å²) in [5, 5.41) is 1.63. The van der Waals surface area contributed by atoms with E-state index in [1.165, 1.54) is 0 Å². The van der Waals surface area contributed by atoms with Crippen LogP contribution in [0.3, 0.4) is 0 Å². The van der Waals surface area contributed by atoms with E-state index in [0.717, 1.165) is 5.56 Å². The Balaban J connectivity index is 1.89. The van der Waals surface area contributed by atoms with Gasteiger partial charge in [-0.2, -0.15) is 5.06 Å². The number of carbonyl (C=O) groups is 1. The van der Waals surface area contributed by atoms with E-state index in [0.29, 0.717) is 13.0 Å². The second-order valence-electron chi connectivity index (χ2n) is 5.84. The minimum atomic E-state index is -1.56. The smallest absolute Gasteiger partial charge is 0.313 e. The highest BCUT2D eigenvalue weighted by molar-refractivity contribution is 5.75. The largest absolute Gasteiger partial charge is 0.462 e. The highest BCUT2D eigenvalue weighted by atomic mass is 19.1. The van der Waals surface area contributed by atoms with Gasteiger partial charge in [0.05, 0.1) is 12.1 Å². The van der Waals surface area contributed by atoms with Crippen LogP contribution in [0.5, 0.6) is 0 Å². The number of cyclic esters (lactones) is 1. The molecule has 114 valence electrons. The van der Waals surface area contributed by atoms with Gasteiger partial charge in [-0.25, -0.2) is 4.39 Å². The summed E-state index contributed by atoms with van der Waals surface area (Å²) >= 11 is 0. The molecule has 1 aromatic carbocycles. The molecule has 1 aromatic rings. The molecule has 2 saturated heterocycles. The maximum atomic E-state index is 15.2. The van der Waals surface area contributed by atoms with Crippen molar-refractivity contribution >= 4 is 5.97 Å². The fraction of sp³-hybridized carbons (Fsp3) is 0.562. The van der Waals surface area contributed by atoms with Gasteiger partial charge in [0.1, 0.15) is 12.5 Å². The second-order valence-corrected chi connectivity index (χ2v) is 5.84. The van der Waals surface area contributed by atoms with Crippen molar-refractivity contribution < 1.29 is 18.8 Å². The molecule has 0 unspecified atom stereocenters. The van der Waals surface area contributed by atoms with Gasteiger partial charge in [-0.1, -0.05) is 37.3 Å². The third-order valence-electron chi connectivity index (χ3n) is 4.48. The molecule has 4 atom stereocenters. The van der Waals surface area contributed by atoms with Crippen LogP contribution >= 0.6 is 0 Å². The number of benzene rings is 1. The van der Waals surface area contributed by atoms with Crippen molar-refractivity contribution in [2.24, 2.45) is 5.92 Å². The Hall–Kier alpha value is -1.46. The van der Waals surface area contributed by atoms with Crippen molar-refractivity contribution in [3.63, 3.8) is 0 Å². The first-order chi connectivity index (χ1) is 10.0.